The number of amides is 1. The summed E-state index contributed by atoms with van der Waals surface area (Å²) in [6, 6.07) is 5.49. The zero-order valence-electron chi connectivity index (χ0n) is 11.5. The minimum Gasteiger partial charge on any atom is -0.490 e. The number of nitrogens with one attached hydrogen (secondary N) is 1. The molecule has 1 aromatic carbocycles. The number of carbonyl (C=O) groups excluding carboxylic acids is 1. The highest BCUT2D eigenvalue weighted by atomic mass is 16.5. The van der Waals surface area contributed by atoms with Crippen molar-refractivity contribution in [2.24, 2.45) is 5.84 Å². The van der Waals surface area contributed by atoms with Crippen molar-refractivity contribution in [2.45, 2.75) is 26.9 Å². The maximum Gasteiger partial charge on any atom is 0.257 e. The van der Waals surface area contributed by atoms with Crippen molar-refractivity contribution in [1.29, 1.82) is 0 Å². The SMILES string of the molecule is CCOc1cc(C=CC(=O)NN)ccc1OC(C)C. The molecule has 5 heteroatoms. The summed E-state index contributed by atoms with van der Waals surface area (Å²) in [5.41, 5.74) is 2.87. The van der Waals surface area contributed by atoms with Crippen LogP contribution < -0.4 is 20.7 Å². The molecule has 0 atom stereocenters. The molecule has 0 aromatic heterocycles. The van der Waals surface area contributed by atoms with Crippen LogP contribution in [0, 0.1) is 0 Å². The number of nitrogens with two attached hydrogens (primary N) is 1. The van der Waals surface area contributed by atoms with E-state index >= 15 is 0 Å². The third kappa shape index (κ3) is 5.01. The van der Waals surface area contributed by atoms with Gasteiger partial charge >= 0.3 is 0 Å². The molecular weight excluding hydrogens is 244 g/mol. The number of hydrazine groups is 1. The molecule has 0 bridgehead atoms. The van der Waals surface area contributed by atoms with Crippen molar-refractivity contribution in [1.82, 2.24) is 5.43 Å². The molecule has 1 amide bonds. The molecule has 5 nitrogen and oxygen atoms in total. The van der Waals surface area contributed by atoms with Crippen LogP contribution in [-0.4, -0.2) is 18.6 Å². The highest BCUT2D eigenvalue weighted by Crippen LogP contribution is 2.29. The zero-order valence-corrected chi connectivity index (χ0v) is 11.5. The summed E-state index contributed by atoms with van der Waals surface area (Å²) in [7, 11) is 0. The molecular formula is C14H20N2O3. The fourth-order valence-electron chi connectivity index (χ4n) is 1.47. The summed E-state index contributed by atoms with van der Waals surface area (Å²) in [4.78, 5) is 11.0. The average molecular weight is 264 g/mol. The number of carbonyl (C=O) groups is 1. The minimum atomic E-state index is -0.361. The third-order valence-corrected chi connectivity index (χ3v) is 2.20. The van der Waals surface area contributed by atoms with Crippen molar-refractivity contribution in [3.63, 3.8) is 0 Å². The van der Waals surface area contributed by atoms with E-state index in [0.29, 0.717) is 18.1 Å². The van der Waals surface area contributed by atoms with E-state index in [1.54, 1.807) is 6.08 Å². The first-order valence-electron chi connectivity index (χ1n) is 6.19. The maximum atomic E-state index is 11.0. The van der Waals surface area contributed by atoms with Crippen LogP contribution in [0.15, 0.2) is 24.3 Å². The molecule has 0 saturated carbocycles. The van der Waals surface area contributed by atoms with Gasteiger partial charge in [0.25, 0.3) is 5.91 Å². The van der Waals surface area contributed by atoms with Crippen LogP contribution in [0.3, 0.4) is 0 Å². The Bertz CT molecular complexity index is 456. The van der Waals surface area contributed by atoms with E-state index in [2.05, 4.69) is 0 Å². The van der Waals surface area contributed by atoms with Crippen LogP contribution >= 0.6 is 0 Å². The van der Waals surface area contributed by atoms with Crippen LogP contribution in [0.25, 0.3) is 6.08 Å². The van der Waals surface area contributed by atoms with Crippen molar-refractivity contribution in [2.75, 3.05) is 6.61 Å². The number of hydrogen-bond acceptors (Lipinski definition) is 4. The first-order valence-corrected chi connectivity index (χ1v) is 6.19. The van der Waals surface area contributed by atoms with E-state index < -0.39 is 0 Å². The molecule has 0 radical (unpaired) electrons. The lowest BCUT2D eigenvalue weighted by atomic mass is 10.2. The van der Waals surface area contributed by atoms with Crippen LogP contribution in [-0.2, 0) is 4.79 Å². The molecule has 0 aliphatic rings. The Balaban J connectivity index is 2.94. The largest absolute Gasteiger partial charge is 0.490 e. The number of ether oxygens (including phenoxy) is 2. The summed E-state index contributed by atoms with van der Waals surface area (Å²) < 4.78 is 11.2. The van der Waals surface area contributed by atoms with Crippen LogP contribution in [0.1, 0.15) is 26.3 Å². The second-order valence-corrected chi connectivity index (χ2v) is 4.15. The molecule has 0 unspecified atom stereocenters. The summed E-state index contributed by atoms with van der Waals surface area (Å²) in [6.45, 7) is 6.36. The Kier molecular flexibility index (Phi) is 5.89. The fraction of sp³-hybridized carbons (Fsp3) is 0.357. The van der Waals surface area contributed by atoms with Crippen molar-refractivity contribution >= 4 is 12.0 Å². The molecule has 104 valence electrons. The average Bonchev–Trinajstić information content (AvgIpc) is 2.38. The quantitative estimate of drug-likeness (QED) is 0.356. The van der Waals surface area contributed by atoms with E-state index in [1.165, 1.54) is 6.08 Å². The van der Waals surface area contributed by atoms with Crippen LogP contribution in [0.4, 0.5) is 0 Å². The van der Waals surface area contributed by atoms with Gasteiger partial charge in [0.1, 0.15) is 0 Å². The van der Waals surface area contributed by atoms with Gasteiger partial charge in [0.15, 0.2) is 11.5 Å². The summed E-state index contributed by atoms with van der Waals surface area (Å²) in [5, 5.41) is 0. The highest BCUT2D eigenvalue weighted by Gasteiger charge is 2.07. The minimum absolute atomic E-state index is 0.0728. The van der Waals surface area contributed by atoms with Gasteiger partial charge < -0.3 is 9.47 Å². The van der Waals surface area contributed by atoms with Gasteiger partial charge in [0.05, 0.1) is 12.7 Å². The number of benzene rings is 1. The first-order chi connectivity index (χ1) is 9.06. The van der Waals surface area contributed by atoms with Crippen LogP contribution in [0.2, 0.25) is 0 Å². The molecule has 1 aromatic rings. The Morgan fingerprint density at radius 2 is 2.16 bits per heavy atom. The van der Waals surface area contributed by atoms with Gasteiger partial charge in [-0.3, -0.25) is 10.2 Å². The molecule has 1 rings (SSSR count). The van der Waals surface area contributed by atoms with Gasteiger partial charge in [-0.1, -0.05) is 6.07 Å². The van der Waals surface area contributed by atoms with E-state index in [9.17, 15) is 4.79 Å². The lowest BCUT2D eigenvalue weighted by molar-refractivity contribution is -0.116. The Morgan fingerprint density at radius 1 is 1.42 bits per heavy atom. The molecule has 0 spiro atoms. The second kappa shape index (κ2) is 7.43. The van der Waals surface area contributed by atoms with Gasteiger partial charge in [-0.05, 0) is 44.5 Å². The van der Waals surface area contributed by atoms with Gasteiger partial charge in [-0.2, -0.15) is 0 Å². The number of hydrogen-bond donors (Lipinski definition) is 2. The molecule has 3 N–H and O–H groups in total. The fourth-order valence-corrected chi connectivity index (χ4v) is 1.47. The molecule has 0 aliphatic carbocycles. The van der Waals surface area contributed by atoms with E-state index in [4.69, 9.17) is 15.3 Å². The van der Waals surface area contributed by atoms with Crippen molar-refractivity contribution in [3.05, 3.63) is 29.8 Å². The van der Waals surface area contributed by atoms with Crippen LogP contribution in [0.5, 0.6) is 11.5 Å². The normalized spacial score (nSPS) is 10.8. The lowest BCUT2D eigenvalue weighted by Gasteiger charge is -2.14. The smallest absolute Gasteiger partial charge is 0.257 e. The predicted molar refractivity (Wildman–Crippen MR) is 74.7 cm³/mol. The standard InChI is InChI=1S/C14H20N2O3/c1-4-18-13-9-11(6-8-14(17)16-15)5-7-12(13)19-10(2)3/h5-10H,4,15H2,1-3H3,(H,16,17). The molecule has 0 heterocycles. The topological polar surface area (TPSA) is 73.6 Å². The maximum absolute atomic E-state index is 11.0. The van der Waals surface area contributed by atoms with Crippen molar-refractivity contribution in [3.8, 4) is 11.5 Å². The van der Waals surface area contributed by atoms with E-state index in [-0.39, 0.29) is 12.0 Å². The molecule has 19 heavy (non-hydrogen) atoms. The number of rotatable bonds is 6. The Hall–Kier alpha value is -2.01. The third-order valence-electron chi connectivity index (χ3n) is 2.20. The summed E-state index contributed by atoms with van der Waals surface area (Å²) >= 11 is 0. The van der Waals surface area contributed by atoms with Gasteiger partial charge in [0, 0.05) is 6.08 Å². The highest BCUT2D eigenvalue weighted by molar-refractivity contribution is 5.91. The predicted octanol–water partition coefficient (Wildman–Crippen LogP) is 1.88. The first kappa shape index (κ1) is 15.0. The Labute approximate surface area is 113 Å². The molecule has 0 fully saturated rings. The van der Waals surface area contributed by atoms with Gasteiger partial charge in [-0.25, -0.2) is 5.84 Å². The summed E-state index contributed by atoms with van der Waals surface area (Å²) in [5.74, 6) is 5.99. The molecule has 0 saturated heterocycles. The summed E-state index contributed by atoms with van der Waals surface area (Å²) in [6.07, 6.45) is 3.08. The van der Waals surface area contributed by atoms with Gasteiger partial charge in [0.2, 0.25) is 0 Å². The van der Waals surface area contributed by atoms with Gasteiger partial charge in [-0.15, -0.1) is 0 Å². The Morgan fingerprint density at radius 3 is 2.74 bits per heavy atom. The zero-order chi connectivity index (χ0) is 14.3. The van der Waals surface area contributed by atoms with E-state index in [1.807, 2.05) is 44.4 Å². The lowest BCUT2D eigenvalue weighted by Crippen LogP contribution is -2.27. The van der Waals surface area contributed by atoms with E-state index in [0.717, 1.165) is 5.56 Å². The van der Waals surface area contributed by atoms with Crippen molar-refractivity contribution < 1.29 is 14.3 Å². The molecule has 0 aliphatic heterocycles. The monoisotopic (exact) mass is 264 g/mol. The second-order valence-electron chi connectivity index (χ2n) is 4.15.